The average Bonchev–Trinajstić information content (AvgIpc) is 2.59. The molecule has 120 valence electrons. The van der Waals surface area contributed by atoms with Gasteiger partial charge in [-0.15, -0.1) is 0 Å². The number of halogens is 1. The summed E-state index contributed by atoms with van der Waals surface area (Å²) >= 11 is 3.46. The molecule has 0 bridgehead atoms. The minimum atomic E-state index is -0.183. The normalized spacial score (nSPS) is 14.6. The van der Waals surface area contributed by atoms with E-state index in [1.54, 1.807) is 12.3 Å². The third kappa shape index (κ3) is 3.91. The van der Waals surface area contributed by atoms with E-state index < -0.39 is 0 Å². The smallest absolute Gasteiger partial charge is 0.274 e. The van der Waals surface area contributed by atoms with E-state index in [1.165, 1.54) is 19.3 Å². The van der Waals surface area contributed by atoms with E-state index >= 15 is 0 Å². The lowest BCUT2D eigenvalue weighted by atomic mass is 10.1. The first-order valence-corrected chi connectivity index (χ1v) is 8.71. The first kappa shape index (κ1) is 16.0. The molecule has 0 saturated carbocycles. The summed E-state index contributed by atoms with van der Waals surface area (Å²) in [5.41, 5.74) is 3.39. The van der Waals surface area contributed by atoms with Gasteiger partial charge in [0, 0.05) is 23.2 Å². The zero-order valence-corrected chi connectivity index (χ0v) is 14.8. The molecule has 1 amide bonds. The number of piperidine rings is 1. The number of hydrogen-bond donors (Lipinski definition) is 1. The van der Waals surface area contributed by atoms with Crippen LogP contribution < -0.4 is 10.2 Å². The molecule has 0 aliphatic carbocycles. The number of nitrogens with one attached hydrogen (secondary N) is 1. The largest absolute Gasteiger partial charge is 0.370 e. The highest BCUT2D eigenvalue weighted by molar-refractivity contribution is 9.10. The highest BCUT2D eigenvalue weighted by Gasteiger charge is 2.13. The van der Waals surface area contributed by atoms with Crippen LogP contribution in [0.3, 0.4) is 0 Å². The van der Waals surface area contributed by atoms with Gasteiger partial charge in [0.05, 0.1) is 11.9 Å². The number of amides is 1. The summed E-state index contributed by atoms with van der Waals surface area (Å²) in [6.07, 6.45) is 5.56. The van der Waals surface area contributed by atoms with Crippen LogP contribution in [0, 0.1) is 6.92 Å². The number of anilines is 2. The zero-order chi connectivity index (χ0) is 16.2. The third-order valence-electron chi connectivity index (χ3n) is 4.12. The van der Waals surface area contributed by atoms with Gasteiger partial charge in [0.2, 0.25) is 0 Å². The Morgan fingerprint density at radius 1 is 1.17 bits per heavy atom. The summed E-state index contributed by atoms with van der Waals surface area (Å²) in [6, 6.07) is 9.52. The molecule has 1 aliphatic rings. The van der Waals surface area contributed by atoms with Crippen LogP contribution in [0.1, 0.15) is 35.3 Å². The van der Waals surface area contributed by atoms with E-state index in [2.05, 4.69) is 31.1 Å². The van der Waals surface area contributed by atoms with Crippen molar-refractivity contribution in [2.45, 2.75) is 26.2 Å². The first-order valence-electron chi connectivity index (χ1n) is 7.92. The minimum Gasteiger partial charge on any atom is -0.370 e. The Morgan fingerprint density at radius 3 is 2.61 bits per heavy atom. The molecule has 5 heteroatoms. The third-order valence-corrected chi connectivity index (χ3v) is 5.01. The van der Waals surface area contributed by atoms with E-state index in [4.69, 9.17) is 0 Å². The van der Waals surface area contributed by atoms with Gasteiger partial charge in [-0.2, -0.15) is 0 Å². The maximum Gasteiger partial charge on any atom is 0.274 e. The van der Waals surface area contributed by atoms with Gasteiger partial charge in [0.1, 0.15) is 5.69 Å². The number of pyridine rings is 1. The molecule has 4 nitrogen and oxygen atoms in total. The Labute approximate surface area is 145 Å². The molecule has 2 aromatic rings. The van der Waals surface area contributed by atoms with Crippen LogP contribution in [-0.2, 0) is 0 Å². The van der Waals surface area contributed by atoms with Crippen molar-refractivity contribution in [3.05, 3.63) is 52.3 Å². The molecule has 0 spiro atoms. The number of rotatable bonds is 3. The fraction of sp³-hybridized carbons (Fsp3) is 0.333. The molecule has 2 heterocycles. The van der Waals surface area contributed by atoms with Gasteiger partial charge in [-0.25, -0.2) is 4.98 Å². The number of aromatic nitrogens is 1. The summed E-state index contributed by atoms with van der Waals surface area (Å²) in [6.45, 7) is 4.14. The first-order chi connectivity index (χ1) is 11.1. The zero-order valence-electron chi connectivity index (χ0n) is 13.2. The predicted octanol–water partition coefficient (Wildman–Crippen LogP) is 4.40. The molecule has 23 heavy (non-hydrogen) atoms. The second-order valence-electron chi connectivity index (χ2n) is 5.87. The molecule has 3 rings (SSSR count). The van der Waals surface area contributed by atoms with Crippen LogP contribution in [-0.4, -0.2) is 24.0 Å². The Balaban J connectivity index is 1.68. The summed E-state index contributed by atoms with van der Waals surface area (Å²) in [5, 5.41) is 2.89. The molecule has 0 radical (unpaired) electrons. The molecule has 1 aliphatic heterocycles. The number of hydrogen-bond acceptors (Lipinski definition) is 3. The van der Waals surface area contributed by atoms with Gasteiger partial charge in [-0.1, -0.05) is 15.9 Å². The predicted molar refractivity (Wildman–Crippen MR) is 97.1 cm³/mol. The fourth-order valence-electron chi connectivity index (χ4n) is 2.78. The lowest BCUT2D eigenvalue weighted by Gasteiger charge is -2.28. The van der Waals surface area contributed by atoms with E-state index in [9.17, 15) is 4.79 Å². The lowest BCUT2D eigenvalue weighted by Crippen LogP contribution is -2.29. The molecule has 1 aromatic heterocycles. The van der Waals surface area contributed by atoms with Crippen molar-refractivity contribution < 1.29 is 4.79 Å². The molecule has 1 N–H and O–H groups in total. The minimum absolute atomic E-state index is 0.183. The standard InChI is InChI=1S/C18H20BrN3O/c1-13-11-14(5-7-16(13)19)21-18(23)17-8-6-15(12-20-17)22-9-3-2-4-10-22/h5-8,11-12H,2-4,9-10H2,1H3,(H,21,23). The highest BCUT2D eigenvalue weighted by atomic mass is 79.9. The van der Waals surface area contributed by atoms with Crippen molar-refractivity contribution in [1.29, 1.82) is 0 Å². The van der Waals surface area contributed by atoms with Gasteiger partial charge in [0.15, 0.2) is 0 Å². The summed E-state index contributed by atoms with van der Waals surface area (Å²) < 4.78 is 1.03. The molecule has 1 aromatic carbocycles. The number of benzene rings is 1. The van der Waals surface area contributed by atoms with E-state index in [1.807, 2.05) is 31.2 Å². The quantitative estimate of drug-likeness (QED) is 0.867. The molecular weight excluding hydrogens is 354 g/mol. The van der Waals surface area contributed by atoms with Crippen LogP contribution in [0.2, 0.25) is 0 Å². The van der Waals surface area contributed by atoms with Crippen molar-refractivity contribution in [3.8, 4) is 0 Å². The van der Waals surface area contributed by atoms with Crippen LogP contribution in [0.4, 0.5) is 11.4 Å². The average molecular weight is 374 g/mol. The van der Waals surface area contributed by atoms with Crippen molar-refractivity contribution >= 4 is 33.2 Å². The fourth-order valence-corrected chi connectivity index (χ4v) is 3.02. The second kappa shape index (κ2) is 7.13. The number of carbonyl (C=O) groups excluding carboxylic acids is 1. The van der Waals surface area contributed by atoms with Crippen LogP contribution in [0.25, 0.3) is 0 Å². The second-order valence-corrected chi connectivity index (χ2v) is 6.72. The molecule has 1 fully saturated rings. The summed E-state index contributed by atoms with van der Waals surface area (Å²) in [5.74, 6) is -0.183. The number of aryl methyl sites for hydroxylation is 1. The van der Waals surface area contributed by atoms with Crippen LogP contribution >= 0.6 is 15.9 Å². The van der Waals surface area contributed by atoms with Crippen LogP contribution in [0.15, 0.2) is 41.0 Å². The number of carbonyl (C=O) groups is 1. The summed E-state index contributed by atoms with van der Waals surface area (Å²) in [7, 11) is 0. The van der Waals surface area contributed by atoms with E-state index in [0.717, 1.165) is 34.5 Å². The van der Waals surface area contributed by atoms with Crippen molar-refractivity contribution in [1.82, 2.24) is 4.98 Å². The van der Waals surface area contributed by atoms with Gasteiger partial charge in [0.25, 0.3) is 5.91 Å². The molecule has 0 unspecified atom stereocenters. The van der Waals surface area contributed by atoms with Gasteiger partial charge in [-0.05, 0) is 62.1 Å². The molecular formula is C18H20BrN3O. The molecule has 0 atom stereocenters. The topological polar surface area (TPSA) is 45.2 Å². The van der Waals surface area contributed by atoms with Crippen molar-refractivity contribution in [3.63, 3.8) is 0 Å². The highest BCUT2D eigenvalue weighted by Crippen LogP contribution is 2.21. The van der Waals surface area contributed by atoms with E-state index in [-0.39, 0.29) is 5.91 Å². The van der Waals surface area contributed by atoms with Crippen molar-refractivity contribution in [2.75, 3.05) is 23.3 Å². The Bertz CT molecular complexity index is 694. The summed E-state index contributed by atoms with van der Waals surface area (Å²) in [4.78, 5) is 19.0. The number of nitrogens with zero attached hydrogens (tertiary/aromatic N) is 2. The Morgan fingerprint density at radius 2 is 1.96 bits per heavy atom. The Kier molecular flexibility index (Phi) is 4.96. The van der Waals surface area contributed by atoms with Gasteiger partial charge >= 0.3 is 0 Å². The maximum absolute atomic E-state index is 12.3. The molecule has 1 saturated heterocycles. The lowest BCUT2D eigenvalue weighted by molar-refractivity contribution is 0.102. The SMILES string of the molecule is Cc1cc(NC(=O)c2ccc(N3CCCCC3)cn2)ccc1Br. The van der Waals surface area contributed by atoms with Crippen molar-refractivity contribution in [2.24, 2.45) is 0 Å². The monoisotopic (exact) mass is 373 g/mol. The maximum atomic E-state index is 12.3. The van der Waals surface area contributed by atoms with Crippen LogP contribution in [0.5, 0.6) is 0 Å². The van der Waals surface area contributed by atoms with Gasteiger partial charge in [-0.3, -0.25) is 4.79 Å². The van der Waals surface area contributed by atoms with Gasteiger partial charge < -0.3 is 10.2 Å². The Hall–Kier alpha value is -1.88. The van der Waals surface area contributed by atoms with E-state index in [0.29, 0.717) is 5.69 Å².